The van der Waals surface area contributed by atoms with E-state index in [9.17, 15) is 25.0 Å². The van der Waals surface area contributed by atoms with Crippen molar-refractivity contribution in [1.82, 2.24) is 0 Å². The van der Waals surface area contributed by atoms with Crippen LogP contribution >= 0.6 is 0 Å². The quantitative estimate of drug-likeness (QED) is 0.370. The molecule has 0 saturated carbocycles. The Balaban J connectivity index is 2.29. The Hall–Kier alpha value is -3.55. The number of anilines is 1. The van der Waals surface area contributed by atoms with Gasteiger partial charge in [0.05, 0.1) is 9.85 Å². The van der Waals surface area contributed by atoms with Crippen LogP contribution in [0.15, 0.2) is 42.5 Å². The number of nitro benzene ring substituents is 2. The highest BCUT2D eigenvalue weighted by atomic mass is 16.6. The van der Waals surface area contributed by atoms with Crippen molar-refractivity contribution in [2.75, 3.05) is 12.4 Å². The molecule has 0 aliphatic heterocycles. The number of carbonyl (C=O) groups excluding carboxylic acids is 1. The lowest BCUT2D eigenvalue weighted by molar-refractivity contribution is -0.385. The first-order chi connectivity index (χ1) is 11.8. The van der Waals surface area contributed by atoms with Gasteiger partial charge in [0.2, 0.25) is 0 Å². The predicted molar refractivity (Wildman–Crippen MR) is 93.8 cm³/mol. The Kier molecular flexibility index (Phi) is 5.23. The van der Waals surface area contributed by atoms with Crippen LogP contribution in [0.2, 0.25) is 0 Å². The first kappa shape index (κ1) is 17.8. The van der Waals surface area contributed by atoms with E-state index in [4.69, 9.17) is 0 Å². The number of allylic oxidation sites excluding steroid dienone is 1. The second-order valence-corrected chi connectivity index (χ2v) is 5.24. The fraction of sp³-hybridized carbons (Fsp3) is 0.118. The van der Waals surface area contributed by atoms with Crippen LogP contribution in [0.5, 0.6) is 0 Å². The van der Waals surface area contributed by atoms with Crippen molar-refractivity contribution in [3.63, 3.8) is 0 Å². The molecular formula is C17H15N3O5. The molecule has 0 heterocycles. The number of carbonyl (C=O) groups is 1. The summed E-state index contributed by atoms with van der Waals surface area (Å²) in [4.78, 5) is 33.1. The van der Waals surface area contributed by atoms with Crippen LogP contribution in [-0.4, -0.2) is 22.7 Å². The average molecular weight is 341 g/mol. The van der Waals surface area contributed by atoms with E-state index >= 15 is 0 Å². The number of nitro groups is 2. The Morgan fingerprint density at radius 2 is 1.72 bits per heavy atom. The molecule has 8 heteroatoms. The van der Waals surface area contributed by atoms with Gasteiger partial charge in [0.15, 0.2) is 5.78 Å². The zero-order chi connectivity index (χ0) is 18.6. The van der Waals surface area contributed by atoms with Crippen LogP contribution in [0.1, 0.15) is 21.5 Å². The molecule has 2 aromatic carbocycles. The third-order valence-corrected chi connectivity index (χ3v) is 3.61. The molecule has 8 nitrogen and oxygen atoms in total. The molecule has 0 aliphatic rings. The van der Waals surface area contributed by atoms with E-state index in [0.29, 0.717) is 16.8 Å². The molecular weight excluding hydrogens is 326 g/mol. The van der Waals surface area contributed by atoms with Gasteiger partial charge < -0.3 is 5.32 Å². The van der Waals surface area contributed by atoms with Crippen LogP contribution in [0.25, 0.3) is 6.08 Å². The lowest BCUT2D eigenvalue weighted by atomic mass is 10.1. The van der Waals surface area contributed by atoms with E-state index in [1.54, 1.807) is 26.1 Å². The minimum absolute atomic E-state index is 0.108. The summed E-state index contributed by atoms with van der Waals surface area (Å²) in [7, 11) is 1.58. The van der Waals surface area contributed by atoms with Crippen LogP contribution in [0.3, 0.4) is 0 Å². The second kappa shape index (κ2) is 7.35. The van der Waals surface area contributed by atoms with Crippen molar-refractivity contribution in [3.05, 3.63) is 79.4 Å². The lowest BCUT2D eigenvalue weighted by Gasteiger charge is -2.03. The van der Waals surface area contributed by atoms with Gasteiger partial charge in [-0.1, -0.05) is 24.3 Å². The number of aryl methyl sites for hydroxylation is 1. The summed E-state index contributed by atoms with van der Waals surface area (Å²) in [5.74, 6) is -0.427. The van der Waals surface area contributed by atoms with Crippen molar-refractivity contribution < 1.29 is 14.6 Å². The van der Waals surface area contributed by atoms with Gasteiger partial charge in [-0.15, -0.1) is 0 Å². The van der Waals surface area contributed by atoms with Gasteiger partial charge in [-0.25, -0.2) is 0 Å². The largest absolute Gasteiger partial charge is 0.383 e. The summed E-state index contributed by atoms with van der Waals surface area (Å²) in [5, 5.41) is 24.7. The molecule has 25 heavy (non-hydrogen) atoms. The molecule has 0 aromatic heterocycles. The van der Waals surface area contributed by atoms with Crippen molar-refractivity contribution >= 4 is 28.9 Å². The summed E-state index contributed by atoms with van der Waals surface area (Å²) in [6.45, 7) is 1.59. The molecule has 0 fully saturated rings. The number of hydrogen-bond donors (Lipinski definition) is 1. The van der Waals surface area contributed by atoms with Crippen molar-refractivity contribution in [2.45, 2.75) is 6.92 Å². The van der Waals surface area contributed by atoms with Crippen LogP contribution < -0.4 is 5.32 Å². The third-order valence-electron chi connectivity index (χ3n) is 3.61. The fourth-order valence-corrected chi connectivity index (χ4v) is 2.24. The highest BCUT2D eigenvalue weighted by molar-refractivity contribution is 6.07. The second-order valence-electron chi connectivity index (χ2n) is 5.24. The Labute approximate surface area is 143 Å². The van der Waals surface area contributed by atoms with E-state index in [2.05, 4.69) is 5.32 Å². The highest BCUT2D eigenvalue weighted by Crippen LogP contribution is 2.26. The molecule has 0 radical (unpaired) electrons. The summed E-state index contributed by atoms with van der Waals surface area (Å²) in [5.41, 5.74) is 1.23. The van der Waals surface area contributed by atoms with Gasteiger partial charge in [-0.05, 0) is 24.6 Å². The first-order valence-corrected chi connectivity index (χ1v) is 7.27. The van der Waals surface area contributed by atoms with E-state index in [1.807, 2.05) is 0 Å². The highest BCUT2D eigenvalue weighted by Gasteiger charge is 2.14. The van der Waals surface area contributed by atoms with E-state index < -0.39 is 15.6 Å². The van der Waals surface area contributed by atoms with E-state index in [1.165, 1.54) is 36.4 Å². The third kappa shape index (κ3) is 4.05. The zero-order valence-corrected chi connectivity index (χ0v) is 13.6. The predicted octanol–water partition coefficient (Wildman–Crippen LogP) is 3.75. The summed E-state index contributed by atoms with van der Waals surface area (Å²) in [6, 6.07) is 8.73. The van der Waals surface area contributed by atoms with Gasteiger partial charge >= 0.3 is 0 Å². The normalized spacial score (nSPS) is 10.6. The molecule has 0 atom stereocenters. The zero-order valence-electron chi connectivity index (χ0n) is 13.6. The molecule has 0 spiro atoms. The maximum absolute atomic E-state index is 12.2. The number of nitrogens with one attached hydrogen (secondary N) is 1. The number of nitrogens with zero attached hydrogens (tertiary/aromatic N) is 2. The Morgan fingerprint density at radius 3 is 2.32 bits per heavy atom. The molecule has 0 unspecified atom stereocenters. The van der Waals surface area contributed by atoms with E-state index in [0.717, 1.165) is 0 Å². The number of hydrogen-bond acceptors (Lipinski definition) is 6. The average Bonchev–Trinajstić information content (AvgIpc) is 2.59. The van der Waals surface area contributed by atoms with Gasteiger partial charge in [0.1, 0.15) is 5.69 Å². The monoisotopic (exact) mass is 341 g/mol. The maximum atomic E-state index is 12.2. The number of ketones is 1. The van der Waals surface area contributed by atoms with Crippen LogP contribution in [0.4, 0.5) is 17.1 Å². The number of benzene rings is 2. The smallest absolute Gasteiger partial charge is 0.292 e. The maximum Gasteiger partial charge on any atom is 0.292 e. The standard InChI is InChI=1S/C17H15N3O5/c1-11-3-6-13(10-15(11)19(22)23)17(21)8-5-12-4-7-14(18-2)16(9-12)20(24)25/h3-10,18H,1-2H3. The summed E-state index contributed by atoms with van der Waals surface area (Å²) in [6.07, 6.45) is 2.66. The first-order valence-electron chi connectivity index (χ1n) is 7.27. The minimum atomic E-state index is -0.546. The molecule has 0 amide bonds. The summed E-state index contributed by atoms with van der Waals surface area (Å²) >= 11 is 0. The molecule has 0 saturated heterocycles. The van der Waals surface area contributed by atoms with E-state index in [-0.39, 0.29) is 16.9 Å². The van der Waals surface area contributed by atoms with Crippen molar-refractivity contribution in [1.29, 1.82) is 0 Å². The molecule has 128 valence electrons. The molecule has 2 aromatic rings. The molecule has 1 N–H and O–H groups in total. The Bertz CT molecular complexity index is 890. The van der Waals surface area contributed by atoms with Crippen LogP contribution in [-0.2, 0) is 0 Å². The lowest BCUT2D eigenvalue weighted by Crippen LogP contribution is -1.99. The van der Waals surface area contributed by atoms with Crippen LogP contribution in [0, 0.1) is 27.2 Å². The van der Waals surface area contributed by atoms with Crippen molar-refractivity contribution in [2.24, 2.45) is 0 Å². The molecule has 0 aliphatic carbocycles. The number of rotatable bonds is 6. The fourth-order valence-electron chi connectivity index (χ4n) is 2.24. The van der Waals surface area contributed by atoms with Gasteiger partial charge in [-0.2, -0.15) is 0 Å². The SMILES string of the molecule is CNc1ccc(C=CC(=O)c2ccc(C)c([N+](=O)[O-])c2)cc1[N+](=O)[O-]. The van der Waals surface area contributed by atoms with Gasteiger partial charge in [0.25, 0.3) is 11.4 Å². The Morgan fingerprint density at radius 1 is 1.04 bits per heavy atom. The van der Waals surface area contributed by atoms with Gasteiger partial charge in [0, 0.05) is 30.3 Å². The van der Waals surface area contributed by atoms with Crippen molar-refractivity contribution in [3.8, 4) is 0 Å². The minimum Gasteiger partial charge on any atom is -0.383 e. The summed E-state index contributed by atoms with van der Waals surface area (Å²) < 4.78 is 0. The van der Waals surface area contributed by atoms with Gasteiger partial charge in [-0.3, -0.25) is 25.0 Å². The molecule has 2 rings (SSSR count). The molecule has 0 bridgehead atoms. The topological polar surface area (TPSA) is 115 Å².